The number of piperidine rings is 1. The number of rotatable bonds is 3. The number of nitrogens with one attached hydrogen (secondary N) is 1. The summed E-state index contributed by atoms with van der Waals surface area (Å²) in [5.74, 6) is 0.440. The zero-order chi connectivity index (χ0) is 15.8. The SMILES string of the molecule is CN(C1CCCN(c2cc(=O)n(C)c(=O)[nH]2)C1)S(C)(=O)=O. The van der Waals surface area contributed by atoms with Gasteiger partial charge in [0.05, 0.1) is 6.26 Å². The number of aromatic amines is 1. The Morgan fingerprint density at radius 2 is 2.05 bits per heavy atom. The highest BCUT2D eigenvalue weighted by molar-refractivity contribution is 7.88. The Balaban J connectivity index is 2.26. The molecule has 1 aromatic rings. The average Bonchev–Trinajstić information content (AvgIpc) is 2.42. The minimum absolute atomic E-state index is 0.165. The Kier molecular flexibility index (Phi) is 4.24. The van der Waals surface area contributed by atoms with Crippen molar-refractivity contribution in [3.05, 3.63) is 26.9 Å². The Bertz CT molecular complexity index is 705. The summed E-state index contributed by atoms with van der Waals surface area (Å²) < 4.78 is 25.6. The van der Waals surface area contributed by atoms with Crippen LogP contribution in [-0.2, 0) is 17.1 Å². The monoisotopic (exact) mass is 316 g/mol. The molecule has 0 amide bonds. The molecule has 1 aromatic heterocycles. The maximum Gasteiger partial charge on any atom is 0.329 e. The van der Waals surface area contributed by atoms with Crippen molar-refractivity contribution in [3.63, 3.8) is 0 Å². The van der Waals surface area contributed by atoms with Crippen molar-refractivity contribution in [3.8, 4) is 0 Å². The summed E-state index contributed by atoms with van der Waals surface area (Å²) >= 11 is 0. The lowest BCUT2D eigenvalue weighted by Gasteiger charge is -2.37. The average molecular weight is 316 g/mol. The van der Waals surface area contributed by atoms with Crippen molar-refractivity contribution < 1.29 is 8.42 Å². The van der Waals surface area contributed by atoms with Gasteiger partial charge in [0.15, 0.2) is 0 Å². The van der Waals surface area contributed by atoms with Gasteiger partial charge < -0.3 is 4.90 Å². The molecule has 1 saturated heterocycles. The minimum atomic E-state index is -3.26. The molecule has 0 radical (unpaired) electrons. The Morgan fingerprint density at radius 3 is 2.62 bits per heavy atom. The number of hydrogen-bond acceptors (Lipinski definition) is 5. The van der Waals surface area contributed by atoms with Gasteiger partial charge in [0, 0.05) is 39.3 Å². The van der Waals surface area contributed by atoms with Crippen LogP contribution in [0.3, 0.4) is 0 Å². The van der Waals surface area contributed by atoms with Crippen LogP contribution in [0.1, 0.15) is 12.8 Å². The molecule has 2 rings (SSSR count). The van der Waals surface area contributed by atoms with E-state index in [-0.39, 0.29) is 11.6 Å². The molecule has 2 heterocycles. The van der Waals surface area contributed by atoms with Crippen LogP contribution in [0.25, 0.3) is 0 Å². The molecular weight excluding hydrogens is 296 g/mol. The van der Waals surface area contributed by atoms with Crippen LogP contribution in [0.4, 0.5) is 5.82 Å². The fraction of sp³-hybridized carbons (Fsp3) is 0.667. The van der Waals surface area contributed by atoms with Crippen molar-refractivity contribution in [2.75, 3.05) is 31.3 Å². The number of likely N-dealkylation sites (N-methyl/N-ethyl adjacent to an activating group) is 1. The van der Waals surface area contributed by atoms with Crippen LogP contribution in [0.2, 0.25) is 0 Å². The van der Waals surface area contributed by atoms with Gasteiger partial charge in [-0.3, -0.25) is 14.3 Å². The number of nitrogens with zero attached hydrogens (tertiary/aromatic N) is 3. The molecule has 1 unspecified atom stereocenters. The van der Waals surface area contributed by atoms with Gasteiger partial charge in [0.2, 0.25) is 10.0 Å². The first-order chi connectivity index (χ1) is 9.70. The number of H-pyrrole nitrogens is 1. The lowest BCUT2D eigenvalue weighted by atomic mass is 10.1. The first kappa shape index (κ1) is 15.8. The van der Waals surface area contributed by atoms with Crippen LogP contribution in [0.15, 0.2) is 15.7 Å². The molecule has 1 atom stereocenters. The van der Waals surface area contributed by atoms with Crippen molar-refractivity contribution in [1.82, 2.24) is 13.9 Å². The zero-order valence-electron chi connectivity index (χ0n) is 12.4. The molecule has 0 spiro atoms. The third-order valence-electron chi connectivity index (χ3n) is 3.90. The molecule has 0 saturated carbocycles. The van der Waals surface area contributed by atoms with Crippen molar-refractivity contribution in [2.45, 2.75) is 18.9 Å². The van der Waals surface area contributed by atoms with E-state index in [0.717, 1.165) is 17.4 Å². The molecule has 0 bridgehead atoms. The molecule has 9 heteroatoms. The summed E-state index contributed by atoms with van der Waals surface area (Å²) in [6.45, 7) is 1.13. The Labute approximate surface area is 123 Å². The van der Waals surface area contributed by atoms with Crippen molar-refractivity contribution in [1.29, 1.82) is 0 Å². The standard InChI is InChI=1S/C12H20N4O4S/c1-14-11(17)7-10(13-12(14)18)16-6-4-5-9(8-16)15(2)21(3,19)20/h7,9H,4-6,8H2,1-3H3,(H,13,18). The van der Waals surface area contributed by atoms with E-state index in [1.54, 1.807) is 7.05 Å². The first-order valence-electron chi connectivity index (χ1n) is 6.68. The van der Waals surface area contributed by atoms with Gasteiger partial charge in [0.25, 0.3) is 5.56 Å². The van der Waals surface area contributed by atoms with E-state index in [1.807, 2.05) is 4.90 Å². The Hall–Kier alpha value is -1.61. The lowest BCUT2D eigenvalue weighted by Crippen LogP contribution is -2.49. The summed E-state index contributed by atoms with van der Waals surface area (Å²) in [5.41, 5.74) is -0.858. The molecule has 1 aliphatic rings. The van der Waals surface area contributed by atoms with Crippen molar-refractivity contribution >= 4 is 15.8 Å². The minimum Gasteiger partial charge on any atom is -0.356 e. The van der Waals surface area contributed by atoms with Gasteiger partial charge in [-0.2, -0.15) is 0 Å². The van der Waals surface area contributed by atoms with Gasteiger partial charge >= 0.3 is 5.69 Å². The largest absolute Gasteiger partial charge is 0.356 e. The van der Waals surface area contributed by atoms with Crippen molar-refractivity contribution in [2.24, 2.45) is 7.05 Å². The van der Waals surface area contributed by atoms with Crippen LogP contribution in [0, 0.1) is 0 Å². The van der Waals surface area contributed by atoms with E-state index in [0.29, 0.717) is 18.9 Å². The van der Waals surface area contributed by atoms with Gasteiger partial charge in [-0.1, -0.05) is 0 Å². The highest BCUT2D eigenvalue weighted by Crippen LogP contribution is 2.20. The normalized spacial score (nSPS) is 20.0. The predicted octanol–water partition coefficient (Wildman–Crippen LogP) is -1.07. The number of anilines is 1. The molecule has 1 aliphatic heterocycles. The second-order valence-electron chi connectivity index (χ2n) is 5.38. The molecule has 1 N–H and O–H groups in total. The highest BCUT2D eigenvalue weighted by atomic mass is 32.2. The predicted molar refractivity (Wildman–Crippen MR) is 80.1 cm³/mol. The maximum absolute atomic E-state index is 11.7. The molecule has 1 fully saturated rings. The topological polar surface area (TPSA) is 95.5 Å². The zero-order valence-corrected chi connectivity index (χ0v) is 13.2. The fourth-order valence-corrected chi connectivity index (χ4v) is 3.17. The van der Waals surface area contributed by atoms with Crippen LogP contribution in [-0.4, -0.2) is 54.7 Å². The summed E-state index contributed by atoms with van der Waals surface area (Å²) in [4.78, 5) is 27.8. The van der Waals surface area contributed by atoms with Gasteiger partial charge in [0.1, 0.15) is 5.82 Å². The van der Waals surface area contributed by atoms with E-state index < -0.39 is 15.7 Å². The highest BCUT2D eigenvalue weighted by Gasteiger charge is 2.28. The van der Waals surface area contributed by atoms with E-state index in [2.05, 4.69) is 4.98 Å². The molecule has 118 valence electrons. The van der Waals surface area contributed by atoms with Gasteiger partial charge in [-0.25, -0.2) is 17.5 Å². The summed E-state index contributed by atoms with van der Waals surface area (Å²) in [5, 5.41) is 0. The van der Waals surface area contributed by atoms with E-state index in [9.17, 15) is 18.0 Å². The summed E-state index contributed by atoms with van der Waals surface area (Å²) in [7, 11) is -0.306. The quantitative estimate of drug-likeness (QED) is 0.766. The van der Waals surface area contributed by atoms with E-state index in [4.69, 9.17) is 0 Å². The number of hydrogen-bond donors (Lipinski definition) is 1. The molecule has 21 heavy (non-hydrogen) atoms. The third-order valence-corrected chi connectivity index (χ3v) is 5.25. The fourth-order valence-electron chi connectivity index (χ4n) is 2.45. The van der Waals surface area contributed by atoms with Crippen LogP contribution >= 0.6 is 0 Å². The summed E-state index contributed by atoms with van der Waals surface area (Å²) in [6.07, 6.45) is 2.73. The van der Waals surface area contributed by atoms with E-state index in [1.165, 1.54) is 23.7 Å². The maximum atomic E-state index is 11.7. The lowest BCUT2D eigenvalue weighted by molar-refractivity contribution is 0.321. The smallest absolute Gasteiger partial charge is 0.329 e. The third kappa shape index (κ3) is 3.35. The molecular formula is C12H20N4O4S. The molecule has 0 aromatic carbocycles. The number of aromatic nitrogens is 2. The summed E-state index contributed by atoms with van der Waals surface area (Å²) in [6, 6.07) is 1.20. The van der Waals surface area contributed by atoms with Crippen LogP contribution in [0.5, 0.6) is 0 Å². The second-order valence-corrected chi connectivity index (χ2v) is 7.42. The second kappa shape index (κ2) is 5.64. The molecule has 0 aliphatic carbocycles. The first-order valence-corrected chi connectivity index (χ1v) is 8.53. The van der Waals surface area contributed by atoms with Crippen LogP contribution < -0.4 is 16.1 Å². The van der Waals surface area contributed by atoms with E-state index >= 15 is 0 Å². The van der Waals surface area contributed by atoms with Gasteiger partial charge in [-0.15, -0.1) is 0 Å². The molecule has 8 nitrogen and oxygen atoms in total. The number of sulfonamides is 1. The Morgan fingerprint density at radius 1 is 1.38 bits per heavy atom. The van der Waals surface area contributed by atoms with Gasteiger partial charge in [-0.05, 0) is 12.8 Å².